The lowest BCUT2D eigenvalue weighted by Crippen LogP contribution is -2.49. The minimum atomic E-state index is -0.658. The number of hydrogen-bond donors (Lipinski definition) is 1. The van der Waals surface area contributed by atoms with Crippen LogP contribution in [-0.2, 0) is 18.9 Å². The van der Waals surface area contributed by atoms with Crippen LogP contribution in [-0.4, -0.2) is 75.0 Å². The first-order chi connectivity index (χ1) is 17.0. The molecular formula is C24H25BrClN3O6. The summed E-state index contributed by atoms with van der Waals surface area (Å²) in [5, 5.41) is 4.66. The van der Waals surface area contributed by atoms with Crippen molar-refractivity contribution in [2.45, 2.75) is 23.9 Å². The predicted octanol–water partition coefficient (Wildman–Crippen LogP) is 4.37. The number of benzene rings is 2. The van der Waals surface area contributed by atoms with Crippen molar-refractivity contribution in [3.05, 3.63) is 46.2 Å². The van der Waals surface area contributed by atoms with Crippen molar-refractivity contribution < 1.29 is 28.4 Å². The minimum Gasteiger partial charge on any atom is -0.493 e. The van der Waals surface area contributed by atoms with Gasteiger partial charge in [-0.1, -0.05) is 11.6 Å². The number of anilines is 2. The van der Waals surface area contributed by atoms with E-state index in [9.17, 15) is 0 Å². The van der Waals surface area contributed by atoms with Gasteiger partial charge in [-0.3, -0.25) is 0 Å². The molecule has 2 aliphatic heterocycles. The van der Waals surface area contributed by atoms with Gasteiger partial charge in [-0.05, 0) is 40.2 Å². The summed E-state index contributed by atoms with van der Waals surface area (Å²) in [5.74, 6) is 1.70. The number of rotatable bonds is 8. The van der Waals surface area contributed by atoms with Gasteiger partial charge < -0.3 is 33.7 Å². The van der Waals surface area contributed by atoms with Gasteiger partial charge in [0.1, 0.15) is 30.0 Å². The van der Waals surface area contributed by atoms with Gasteiger partial charge in [-0.15, -0.1) is 0 Å². The summed E-state index contributed by atoms with van der Waals surface area (Å²) in [6.45, 7) is 1.09. The van der Waals surface area contributed by atoms with Crippen molar-refractivity contribution >= 4 is 49.9 Å². The fraction of sp³-hybridized carbons (Fsp3) is 0.417. The molecule has 2 saturated heterocycles. The molecule has 11 heteroatoms. The van der Waals surface area contributed by atoms with E-state index in [1.807, 2.05) is 30.3 Å². The van der Waals surface area contributed by atoms with Crippen LogP contribution in [0.25, 0.3) is 10.9 Å². The molecule has 1 aromatic heterocycles. The van der Waals surface area contributed by atoms with Crippen LogP contribution in [0.2, 0.25) is 5.02 Å². The predicted molar refractivity (Wildman–Crippen MR) is 134 cm³/mol. The number of nitrogens with one attached hydrogen (secondary N) is 1. The van der Waals surface area contributed by atoms with E-state index in [1.54, 1.807) is 21.3 Å². The van der Waals surface area contributed by atoms with Gasteiger partial charge in [-0.2, -0.15) is 0 Å². The molecule has 0 radical (unpaired) electrons. The molecule has 9 nitrogen and oxygen atoms in total. The molecule has 35 heavy (non-hydrogen) atoms. The zero-order valence-corrected chi connectivity index (χ0v) is 21.8. The van der Waals surface area contributed by atoms with Crippen LogP contribution in [0.4, 0.5) is 11.5 Å². The van der Waals surface area contributed by atoms with Gasteiger partial charge in [0.15, 0.2) is 17.6 Å². The normalized spacial score (nSPS) is 25.6. The molecule has 186 valence electrons. The fourth-order valence-corrected chi connectivity index (χ4v) is 4.97. The highest BCUT2D eigenvalue weighted by Crippen LogP contribution is 2.41. The molecule has 2 aromatic carbocycles. The summed E-state index contributed by atoms with van der Waals surface area (Å²) in [4.78, 5) is 8.84. The van der Waals surface area contributed by atoms with E-state index in [-0.39, 0.29) is 18.3 Å². The molecule has 1 N–H and O–H groups in total. The maximum absolute atomic E-state index is 6.35. The zero-order valence-electron chi connectivity index (χ0n) is 19.4. The van der Waals surface area contributed by atoms with Crippen molar-refractivity contribution in [1.29, 1.82) is 0 Å². The maximum atomic E-state index is 6.35. The first-order valence-electron chi connectivity index (χ1n) is 11.0. The van der Waals surface area contributed by atoms with E-state index in [2.05, 4.69) is 31.2 Å². The molecule has 3 heterocycles. The van der Waals surface area contributed by atoms with E-state index >= 15 is 0 Å². The second-order valence-electron chi connectivity index (χ2n) is 8.38. The lowest BCUT2D eigenvalue weighted by Gasteiger charge is -2.30. The summed E-state index contributed by atoms with van der Waals surface area (Å²) in [5.41, 5.74) is 0.826. The molecule has 2 fully saturated rings. The van der Waals surface area contributed by atoms with Crippen LogP contribution in [0.1, 0.15) is 0 Å². The number of methoxy groups -OCH3 is 3. The van der Waals surface area contributed by atoms with E-state index in [1.165, 1.54) is 6.33 Å². The molecule has 0 spiro atoms. The Balaban J connectivity index is 1.41. The van der Waals surface area contributed by atoms with Crippen molar-refractivity contribution in [1.82, 2.24) is 9.97 Å². The maximum Gasteiger partial charge on any atom is 0.164 e. The summed E-state index contributed by atoms with van der Waals surface area (Å²) in [6, 6.07) is 9.27. The molecule has 4 atom stereocenters. The Morgan fingerprint density at radius 3 is 2.74 bits per heavy atom. The number of hydrogen-bond acceptors (Lipinski definition) is 9. The van der Waals surface area contributed by atoms with Crippen molar-refractivity contribution in [3.8, 4) is 11.5 Å². The molecular weight excluding hydrogens is 542 g/mol. The zero-order chi connectivity index (χ0) is 24.6. The largest absolute Gasteiger partial charge is 0.493 e. The average Bonchev–Trinajstić information content (AvgIpc) is 3.43. The minimum absolute atomic E-state index is 0.292. The quantitative estimate of drug-likeness (QED) is 0.426. The number of fused-ring (bicyclic) bond motifs is 2. The van der Waals surface area contributed by atoms with Crippen LogP contribution in [0.3, 0.4) is 0 Å². The third-order valence-electron chi connectivity index (χ3n) is 6.32. The summed E-state index contributed by atoms with van der Waals surface area (Å²) in [7, 11) is 4.86. The average molecular weight is 567 g/mol. The smallest absolute Gasteiger partial charge is 0.164 e. The molecule has 0 aliphatic carbocycles. The van der Waals surface area contributed by atoms with Crippen molar-refractivity contribution in [2.24, 2.45) is 0 Å². The standard InChI is InChI=1S/C24H25BrClN3O6/c1-30-10-24(32-3)11-34-21-20(9-33-22(21)24)35-19-8-17-14(7-18(19)31-2)23(28-12-27-17)29-13-4-5-15(25)16(26)6-13/h4-8,12,20-22H,9-11H2,1-3H3,(H,27,28,29)/t20-,21-,22-,24+/m1/s1. The summed E-state index contributed by atoms with van der Waals surface area (Å²) < 4.78 is 36.0. The van der Waals surface area contributed by atoms with Gasteiger partial charge in [0.05, 0.1) is 37.5 Å². The molecule has 0 unspecified atom stereocenters. The van der Waals surface area contributed by atoms with E-state index < -0.39 is 5.60 Å². The van der Waals surface area contributed by atoms with Crippen LogP contribution >= 0.6 is 27.5 Å². The van der Waals surface area contributed by atoms with Gasteiger partial charge in [0.25, 0.3) is 0 Å². The van der Waals surface area contributed by atoms with Crippen LogP contribution in [0, 0.1) is 0 Å². The summed E-state index contributed by atoms with van der Waals surface area (Å²) >= 11 is 9.64. The Hall–Kier alpha value is -2.21. The van der Waals surface area contributed by atoms with Gasteiger partial charge in [0.2, 0.25) is 0 Å². The highest BCUT2D eigenvalue weighted by atomic mass is 79.9. The molecule has 5 rings (SSSR count). The number of nitrogens with zero attached hydrogens (tertiary/aromatic N) is 2. The lowest BCUT2D eigenvalue weighted by molar-refractivity contribution is -0.126. The fourth-order valence-electron chi connectivity index (χ4n) is 4.54. The molecule has 0 saturated carbocycles. The Morgan fingerprint density at radius 1 is 1.14 bits per heavy atom. The number of aromatic nitrogens is 2. The second kappa shape index (κ2) is 10.0. The second-order valence-corrected chi connectivity index (χ2v) is 9.65. The van der Waals surface area contributed by atoms with Crippen LogP contribution in [0.5, 0.6) is 11.5 Å². The highest BCUT2D eigenvalue weighted by Gasteiger charge is 2.58. The third kappa shape index (κ3) is 4.54. The lowest BCUT2D eigenvalue weighted by atomic mass is 9.96. The Labute approximate surface area is 216 Å². The Bertz CT molecular complexity index is 1230. The number of ether oxygens (including phenoxy) is 6. The third-order valence-corrected chi connectivity index (χ3v) is 7.55. The Kier molecular flexibility index (Phi) is 7.02. The van der Waals surface area contributed by atoms with Crippen LogP contribution in [0.15, 0.2) is 41.1 Å². The van der Waals surface area contributed by atoms with Gasteiger partial charge in [-0.25, -0.2) is 9.97 Å². The topological polar surface area (TPSA) is 93.2 Å². The van der Waals surface area contributed by atoms with E-state index in [4.69, 9.17) is 40.0 Å². The Morgan fingerprint density at radius 2 is 2.00 bits per heavy atom. The van der Waals surface area contributed by atoms with Crippen molar-refractivity contribution in [2.75, 3.05) is 46.5 Å². The first-order valence-corrected chi connectivity index (χ1v) is 12.1. The highest BCUT2D eigenvalue weighted by molar-refractivity contribution is 9.10. The molecule has 0 bridgehead atoms. The van der Waals surface area contributed by atoms with Crippen molar-refractivity contribution in [3.63, 3.8) is 0 Å². The van der Waals surface area contributed by atoms with Gasteiger partial charge in [0, 0.05) is 35.8 Å². The first kappa shape index (κ1) is 24.5. The molecule has 2 aliphatic rings. The molecule has 0 amide bonds. The SMILES string of the molecule is COC[C@]1(OC)CO[C@H]2[C@H]1OC[C@H]2Oc1cc2ncnc(Nc3ccc(Br)c(Cl)c3)c2cc1OC. The van der Waals surface area contributed by atoms with E-state index in [0.29, 0.717) is 47.7 Å². The summed E-state index contributed by atoms with van der Waals surface area (Å²) in [6.07, 6.45) is 0.563. The monoisotopic (exact) mass is 565 g/mol. The van der Waals surface area contributed by atoms with Crippen LogP contribution < -0.4 is 14.8 Å². The molecule has 3 aromatic rings. The van der Waals surface area contributed by atoms with E-state index in [0.717, 1.165) is 15.5 Å². The van der Waals surface area contributed by atoms with Gasteiger partial charge >= 0.3 is 0 Å². The number of halogens is 2.